The van der Waals surface area contributed by atoms with Crippen molar-refractivity contribution < 1.29 is 18.4 Å². The van der Waals surface area contributed by atoms with Gasteiger partial charge in [0.25, 0.3) is 11.8 Å². The predicted molar refractivity (Wildman–Crippen MR) is 71.9 cm³/mol. The predicted octanol–water partition coefficient (Wildman–Crippen LogP) is 2.46. The lowest BCUT2D eigenvalue weighted by molar-refractivity contribution is 0.0880. The summed E-state index contributed by atoms with van der Waals surface area (Å²) in [6.45, 7) is 0.0734. The number of amides is 2. The summed E-state index contributed by atoms with van der Waals surface area (Å²) in [7, 11) is 0. The standard InChI is InChI=1S/C15H10F2N2O2/c16-9-5-4-8(11(17)6-9)7-18-12-3-1-2-10-13(12)15(21)19-14(10)20/h1-6,18H,7H2,(H,19,20,21). The summed E-state index contributed by atoms with van der Waals surface area (Å²) in [6.07, 6.45) is 0. The molecule has 2 N–H and O–H groups in total. The van der Waals surface area contributed by atoms with Crippen LogP contribution < -0.4 is 10.6 Å². The Kier molecular flexibility index (Phi) is 3.13. The highest BCUT2D eigenvalue weighted by atomic mass is 19.1. The van der Waals surface area contributed by atoms with E-state index in [1.165, 1.54) is 6.07 Å². The highest BCUT2D eigenvalue weighted by molar-refractivity contribution is 6.23. The van der Waals surface area contributed by atoms with E-state index in [0.717, 1.165) is 12.1 Å². The number of nitrogens with one attached hydrogen (secondary N) is 2. The SMILES string of the molecule is O=C1NC(=O)c2c(NCc3ccc(F)cc3F)cccc21. The maximum absolute atomic E-state index is 13.6. The van der Waals surface area contributed by atoms with Gasteiger partial charge in [-0.2, -0.15) is 0 Å². The fourth-order valence-electron chi connectivity index (χ4n) is 2.22. The van der Waals surface area contributed by atoms with Gasteiger partial charge in [-0.15, -0.1) is 0 Å². The topological polar surface area (TPSA) is 58.2 Å². The zero-order chi connectivity index (χ0) is 15.0. The number of hydrogen-bond donors (Lipinski definition) is 2. The molecule has 6 heteroatoms. The summed E-state index contributed by atoms with van der Waals surface area (Å²) in [5.74, 6) is -2.26. The van der Waals surface area contributed by atoms with Gasteiger partial charge in [0.15, 0.2) is 0 Å². The van der Waals surface area contributed by atoms with Gasteiger partial charge in [0.2, 0.25) is 0 Å². The van der Waals surface area contributed by atoms with Crippen molar-refractivity contribution in [2.24, 2.45) is 0 Å². The Morgan fingerprint density at radius 1 is 1.05 bits per heavy atom. The largest absolute Gasteiger partial charge is 0.380 e. The van der Waals surface area contributed by atoms with Gasteiger partial charge >= 0.3 is 0 Å². The average Bonchev–Trinajstić information content (AvgIpc) is 2.74. The van der Waals surface area contributed by atoms with E-state index >= 15 is 0 Å². The molecule has 0 saturated heterocycles. The number of anilines is 1. The molecule has 3 rings (SSSR count). The molecule has 106 valence electrons. The second kappa shape index (κ2) is 4.97. The van der Waals surface area contributed by atoms with Crippen LogP contribution in [0.3, 0.4) is 0 Å². The van der Waals surface area contributed by atoms with Crippen LogP contribution in [0.1, 0.15) is 26.3 Å². The fraction of sp³-hybridized carbons (Fsp3) is 0.0667. The van der Waals surface area contributed by atoms with Crippen molar-refractivity contribution in [2.75, 3.05) is 5.32 Å². The molecule has 0 aliphatic carbocycles. The molecule has 21 heavy (non-hydrogen) atoms. The van der Waals surface area contributed by atoms with E-state index in [0.29, 0.717) is 5.69 Å². The molecule has 4 nitrogen and oxygen atoms in total. The van der Waals surface area contributed by atoms with E-state index in [2.05, 4.69) is 10.6 Å². The Labute approximate surface area is 118 Å². The summed E-state index contributed by atoms with van der Waals surface area (Å²) in [5.41, 5.74) is 1.22. The minimum absolute atomic E-state index is 0.0734. The molecular formula is C15H10F2N2O2. The van der Waals surface area contributed by atoms with Crippen molar-refractivity contribution in [1.29, 1.82) is 0 Å². The normalized spacial score (nSPS) is 13.0. The summed E-state index contributed by atoms with van der Waals surface area (Å²) in [5, 5.41) is 5.10. The summed E-state index contributed by atoms with van der Waals surface area (Å²) in [4.78, 5) is 23.3. The zero-order valence-electron chi connectivity index (χ0n) is 10.7. The van der Waals surface area contributed by atoms with Gasteiger partial charge in [-0.05, 0) is 18.2 Å². The molecule has 1 aliphatic heterocycles. The van der Waals surface area contributed by atoms with Gasteiger partial charge in [-0.25, -0.2) is 8.78 Å². The molecule has 0 spiro atoms. The minimum Gasteiger partial charge on any atom is -0.380 e. The Morgan fingerprint density at radius 3 is 2.62 bits per heavy atom. The van der Waals surface area contributed by atoms with Crippen LogP contribution in [0.5, 0.6) is 0 Å². The number of carbonyl (C=O) groups is 2. The fourth-order valence-corrected chi connectivity index (χ4v) is 2.22. The molecule has 0 aromatic heterocycles. The Hall–Kier alpha value is -2.76. The monoisotopic (exact) mass is 288 g/mol. The van der Waals surface area contributed by atoms with Gasteiger partial charge in [0.05, 0.1) is 11.1 Å². The van der Waals surface area contributed by atoms with E-state index in [-0.39, 0.29) is 23.2 Å². The van der Waals surface area contributed by atoms with Crippen LogP contribution in [0.25, 0.3) is 0 Å². The smallest absolute Gasteiger partial charge is 0.261 e. The first kappa shape index (κ1) is 13.2. The summed E-state index contributed by atoms with van der Waals surface area (Å²) < 4.78 is 26.4. The van der Waals surface area contributed by atoms with E-state index in [4.69, 9.17) is 0 Å². The molecule has 0 fully saturated rings. The third-order valence-corrected chi connectivity index (χ3v) is 3.25. The first-order chi connectivity index (χ1) is 10.1. The molecule has 2 aromatic carbocycles. The van der Waals surface area contributed by atoms with Crippen LogP contribution in [0.4, 0.5) is 14.5 Å². The molecule has 0 radical (unpaired) electrons. The highest BCUT2D eigenvalue weighted by Crippen LogP contribution is 2.25. The molecule has 0 saturated carbocycles. The number of rotatable bonds is 3. The average molecular weight is 288 g/mol. The quantitative estimate of drug-likeness (QED) is 0.853. The van der Waals surface area contributed by atoms with Crippen LogP contribution in [0.15, 0.2) is 36.4 Å². The van der Waals surface area contributed by atoms with Crippen LogP contribution in [-0.4, -0.2) is 11.8 Å². The van der Waals surface area contributed by atoms with Crippen LogP contribution in [-0.2, 0) is 6.54 Å². The van der Waals surface area contributed by atoms with Crippen LogP contribution in [0.2, 0.25) is 0 Å². The molecule has 1 aliphatic rings. The molecule has 0 unspecified atom stereocenters. The van der Waals surface area contributed by atoms with Crippen molar-refractivity contribution in [3.63, 3.8) is 0 Å². The number of hydrogen-bond acceptors (Lipinski definition) is 3. The van der Waals surface area contributed by atoms with Crippen LogP contribution in [0, 0.1) is 11.6 Å². The summed E-state index contributed by atoms with van der Waals surface area (Å²) in [6, 6.07) is 8.07. The van der Waals surface area contributed by atoms with Crippen molar-refractivity contribution in [3.05, 3.63) is 64.7 Å². The van der Waals surface area contributed by atoms with E-state index in [1.807, 2.05) is 0 Å². The molecule has 1 heterocycles. The van der Waals surface area contributed by atoms with E-state index in [1.54, 1.807) is 18.2 Å². The van der Waals surface area contributed by atoms with Crippen molar-refractivity contribution in [1.82, 2.24) is 5.32 Å². The zero-order valence-corrected chi connectivity index (χ0v) is 10.7. The van der Waals surface area contributed by atoms with Gasteiger partial charge < -0.3 is 5.32 Å². The minimum atomic E-state index is -0.671. The van der Waals surface area contributed by atoms with Gasteiger partial charge in [0.1, 0.15) is 11.6 Å². The maximum atomic E-state index is 13.6. The van der Waals surface area contributed by atoms with E-state index < -0.39 is 23.4 Å². The van der Waals surface area contributed by atoms with Gasteiger partial charge in [-0.3, -0.25) is 14.9 Å². The lowest BCUT2D eigenvalue weighted by Crippen LogP contribution is -2.20. The number of fused-ring (bicyclic) bond motifs is 1. The Bertz CT molecular complexity index is 759. The Morgan fingerprint density at radius 2 is 1.86 bits per heavy atom. The number of halogens is 2. The molecule has 2 aromatic rings. The third-order valence-electron chi connectivity index (χ3n) is 3.25. The molecule has 0 atom stereocenters. The first-order valence-electron chi connectivity index (χ1n) is 6.23. The van der Waals surface area contributed by atoms with Gasteiger partial charge in [-0.1, -0.05) is 12.1 Å². The lowest BCUT2D eigenvalue weighted by atomic mass is 10.1. The maximum Gasteiger partial charge on any atom is 0.261 e. The number of imide groups is 1. The van der Waals surface area contributed by atoms with Gasteiger partial charge in [0, 0.05) is 23.9 Å². The van der Waals surface area contributed by atoms with Crippen LogP contribution >= 0.6 is 0 Å². The highest BCUT2D eigenvalue weighted by Gasteiger charge is 2.29. The second-order valence-electron chi connectivity index (χ2n) is 4.60. The summed E-state index contributed by atoms with van der Waals surface area (Å²) >= 11 is 0. The molecule has 0 bridgehead atoms. The molecular weight excluding hydrogens is 278 g/mol. The number of carbonyl (C=O) groups excluding carboxylic acids is 2. The van der Waals surface area contributed by atoms with Crippen molar-refractivity contribution in [2.45, 2.75) is 6.54 Å². The first-order valence-corrected chi connectivity index (χ1v) is 6.23. The Balaban J connectivity index is 1.87. The van der Waals surface area contributed by atoms with Crippen molar-refractivity contribution in [3.8, 4) is 0 Å². The third kappa shape index (κ3) is 2.35. The molecule has 2 amide bonds. The number of benzene rings is 2. The lowest BCUT2D eigenvalue weighted by Gasteiger charge is -2.10. The van der Waals surface area contributed by atoms with Crippen molar-refractivity contribution >= 4 is 17.5 Å². The van der Waals surface area contributed by atoms with E-state index in [9.17, 15) is 18.4 Å². The second-order valence-corrected chi connectivity index (χ2v) is 4.60.